The smallest absolute Gasteiger partial charge is 0.173 e. The number of nitrogen functional groups attached to an aromatic ring is 3. The maximum Gasteiger partial charge on any atom is 0.173 e. The first-order chi connectivity index (χ1) is 19.9. The number of benzene rings is 2. The Labute approximate surface area is 231 Å². The van der Waals surface area contributed by atoms with Crippen molar-refractivity contribution in [2.45, 2.75) is 0 Å². The third-order valence-corrected chi connectivity index (χ3v) is 6.32. The normalized spacial score (nSPS) is 10.9. The third kappa shape index (κ3) is 3.97. The number of nitrogens with one attached hydrogen (secondary N) is 2. The first-order valence-electron chi connectivity index (χ1n) is 11.5. The second-order valence-corrected chi connectivity index (χ2v) is 8.80. The van der Waals surface area contributed by atoms with Crippen LogP contribution in [0.5, 0.6) is 0 Å². The van der Waals surface area contributed by atoms with Gasteiger partial charge < -0.3 is 34.4 Å². The summed E-state index contributed by atoms with van der Waals surface area (Å²) in [4.78, 5) is 13.0. The van der Waals surface area contributed by atoms with Crippen molar-refractivity contribution in [1.82, 2.24) is 20.4 Å². The van der Waals surface area contributed by atoms with Gasteiger partial charge in [0.2, 0.25) is 0 Å². The van der Waals surface area contributed by atoms with Crippen molar-refractivity contribution in [2.24, 2.45) is 17.2 Å². The van der Waals surface area contributed by atoms with Crippen LogP contribution in [0.15, 0.2) is 18.2 Å². The van der Waals surface area contributed by atoms with Gasteiger partial charge >= 0.3 is 0 Å². The van der Waals surface area contributed by atoms with Crippen molar-refractivity contribution in [3.8, 4) is 12.1 Å². The molecule has 0 aliphatic heterocycles. The van der Waals surface area contributed by atoms with Crippen LogP contribution in [0.25, 0.3) is 44.4 Å². The number of hydrogen-bond acceptors (Lipinski definition) is 13. The van der Waals surface area contributed by atoms with E-state index in [9.17, 15) is 28.1 Å². The highest BCUT2D eigenvalue weighted by Gasteiger charge is 2.22. The average molecular weight is 575 g/mol. The van der Waals surface area contributed by atoms with E-state index < -0.39 is 45.3 Å². The van der Waals surface area contributed by atoms with Crippen LogP contribution in [0.1, 0.15) is 11.1 Å². The largest absolute Gasteiger partial charge is 0.385 e. The van der Waals surface area contributed by atoms with Gasteiger partial charge in [-0.2, -0.15) is 10.5 Å². The molecule has 0 atom stereocenters. The summed E-state index contributed by atoms with van der Waals surface area (Å²) in [6.07, 6.45) is 0. The van der Waals surface area contributed by atoms with Crippen LogP contribution < -0.4 is 55.7 Å². The molecule has 13 nitrogen and oxygen atoms in total. The fraction of sp³-hybridized carbons (Fsp3) is 0. The first kappa shape index (κ1) is 27.1. The Morgan fingerprint density at radius 3 is 1.62 bits per heavy atom. The molecule has 0 aliphatic carbocycles. The van der Waals surface area contributed by atoms with Crippen molar-refractivity contribution in [2.75, 3.05) is 22.6 Å². The van der Waals surface area contributed by atoms with Crippen LogP contribution in [0.2, 0.25) is 0 Å². The quantitative estimate of drug-likeness (QED) is 0.0610. The van der Waals surface area contributed by atoms with E-state index in [2.05, 4.69) is 25.8 Å². The summed E-state index contributed by atoms with van der Waals surface area (Å²) in [5.74, 6) is -9.67. The molecule has 5 rings (SSSR count). The molecule has 0 amide bonds. The number of rotatable bonds is 3. The number of fused-ring (bicyclic) bond motifs is 6. The van der Waals surface area contributed by atoms with Crippen molar-refractivity contribution >= 4 is 67.5 Å². The van der Waals surface area contributed by atoms with Gasteiger partial charge in [0, 0.05) is 16.2 Å². The first-order valence-corrected chi connectivity index (χ1v) is 11.5. The van der Waals surface area contributed by atoms with E-state index in [0.717, 1.165) is 0 Å². The highest BCUT2D eigenvalue weighted by Crippen LogP contribution is 2.37. The van der Waals surface area contributed by atoms with Crippen molar-refractivity contribution in [3.05, 3.63) is 63.0 Å². The van der Waals surface area contributed by atoms with Crippen LogP contribution in [0.3, 0.4) is 0 Å². The Morgan fingerprint density at radius 2 is 1.10 bits per heavy atom. The fourth-order valence-electron chi connectivity index (χ4n) is 4.34. The second-order valence-electron chi connectivity index (χ2n) is 8.80. The standard InChI is InChI=1S/C25H17F4N13/c26-14-12(21(32)33)15(27)17(29)13(16(14)28)25(37)42-41-11-3-9-8-1-6(4-30)22(34)39-19(8)20-10(18(9)38-24(11)36)2-7(5-31)23(35)40-20/h1-3,41-42H,32-33,37H2,(H2,34,39)(H2,35,40)(H2,36,38). The van der Waals surface area contributed by atoms with E-state index in [0.29, 0.717) is 16.2 Å². The molecule has 0 spiro atoms. The molecule has 0 saturated heterocycles. The number of nitrogens with zero attached hydrogens (tertiary/aromatic N) is 5. The molecule has 0 bridgehead atoms. The fourth-order valence-corrected chi connectivity index (χ4v) is 4.34. The topological polar surface area (TPSA) is 266 Å². The van der Waals surface area contributed by atoms with Gasteiger partial charge in [-0.3, -0.25) is 10.9 Å². The monoisotopic (exact) mass is 575 g/mol. The zero-order chi connectivity index (χ0) is 30.6. The highest BCUT2D eigenvalue weighted by molar-refractivity contribution is 6.23. The number of nitrogens with two attached hydrogens (primary N) is 6. The van der Waals surface area contributed by atoms with Crippen molar-refractivity contribution < 1.29 is 17.6 Å². The van der Waals surface area contributed by atoms with Crippen LogP contribution in [0, 0.1) is 45.9 Å². The van der Waals surface area contributed by atoms with Crippen LogP contribution >= 0.6 is 0 Å². The molecule has 0 saturated carbocycles. The van der Waals surface area contributed by atoms with Crippen LogP contribution in [-0.2, 0) is 0 Å². The molecule has 14 N–H and O–H groups in total. The van der Waals surface area contributed by atoms with E-state index in [1.54, 1.807) is 0 Å². The Hall–Kier alpha value is -6.49. The maximum absolute atomic E-state index is 14.7. The predicted octanol–water partition coefficient (Wildman–Crippen LogP) is 0.00176. The van der Waals surface area contributed by atoms with Gasteiger partial charge in [0.05, 0.1) is 38.3 Å². The molecule has 42 heavy (non-hydrogen) atoms. The molecule has 3 aromatic heterocycles. The third-order valence-electron chi connectivity index (χ3n) is 6.32. The van der Waals surface area contributed by atoms with Gasteiger partial charge in [0.25, 0.3) is 0 Å². The van der Waals surface area contributed by atoms with Gasteiger partial charge in [-0.1, -0.05) is 0 Å². The van der Waals surface area contributed by atoms with Crippen LogP contribution in [-0.4, -0.2) is 15.0 Å². The van der Waals surface area contributed by atoms with E-state index in [1.807, 2.05) is 12.1 Å². The number of halogens is 4. The summed E-state index contributed by atoms with van der Waals surface area (Å²) >= 11 is 0. The Morgan fingerprint density at radius 1 is 0.643 bits per heavy atom. The molecule has 210 valence electrons. The Bertz CT molecular complexity index is 2200. The molecule has 3 heterocycles. The number of hydrazine groups is 1. The van der Waals surface area contributed by atoms with Gasteiger partial charge in [0.1, 0.15) is 46.8 Å². The molecule has 0 fully saturated rings. The van der Waals surface area contributed by atoms with E-state index in [4.69, 9.17) is 34.4 Å². The number of anilines is 4. The lowest BCUT2D eigenvalue weighted by atomic mass is 10.0. The Balaban J connectivity index is 1.75. The minimum atomic E-state index is -1.86. The molecule has 2 aromatic carbocycles. The van der Waals surface area contributed by atoms with Gasteiger partial charge in [-0.05, 0) is 18.2 Å². The summed E-state index contributed by atoms with van der Waals surface area (Å²) in [7, 11) is 0. The van der Waals surface area contributed by atoms with E-state index in [-0.39, 0.29) is 50.8 Å². The number of hydrogen-bond donors (Lipinski definition) is 8. The summed E-state index contributed by atoms with van der Waals surface area (Å²) in [5.41, 5.74) is 39.4. The zero-order valence-electron chi connectivity index (χ0n) is 20.9. The van der Waals surface area contributed by atoms with Gasteiger partial charge in [-0.15, -0.1) is 0 Å². The summed E-state index contributed by atoms with van der Waals surface area (Å²) in [5, 5.41) is 17.4. The lowest BCUT2D eigenvalue weighted by molar-refractivity contribution is 0.432. The highest BCUT2D eigenvalue weighted by atomic mass is 19.2. The zero-order valence-corrected chi connectivity index (χ0v) is 20.9. The lowest BCUT2D eigenvalue weighted by Crippen LogP contribution is -2.39. The molecule has 0 radical (unpaired) electrons. The summed E-state index contributed by atoms with van der Waals surface area (Å²) in [6, 6.07) is 8.14. The van der Waals surface area contributed by atoms with Gasteiger partial charge in [0.15, 0.2) is 23.3 Å². The van der Waals surface area contributed by atoms with E-state index >= 15 is 0 Å². The second kappa shape index (κ2) is 9.61. The number of aromatic nitrogens is 3. The molecular weight excluding hydrogens is 558 g/mol. The van der Waals surface area contributed by atoms with Gasteiger partial charge in [-0.25, -0.2) is 32.5 Å². The minimum Gasteiger partial charge on any atom is -0.385 e. The van der Waals surface area contributed by atoms with Crippen LogP contribution in [0.4, 0.5) is 40.7 Å². The SMILES string of the molecule is N#Cc1cc2c3cc(NNC(N)=c4c(F)c(F)c(=C(N)N)c(F)c4F)c(N)nc3c3cc(C#N)c(N)nc3c2nc1N. The number of nitriles is 2. The Kier molecular flexibility index (Phi) is 6.20. The summed E-state index contributed by atoms with van der Waals surface area (Å²) in [6.45, 7) is 0. The molecular formula is C25H17F4N13. The molecule has 0 aliphatic rings. The molecule has 5 aromatic rings. The van der Waals surface area contributed by atoms with E-state index in [1.165, 1.54) is 18.2 Å². The summed E-state index contributed by atoms with van der Waals surface area (Å²) < 4.78 is 58.1. The molecule has 17 heteroatoms. The number of pyridine rings is 3. The minimum absolute atomic E-state index is 0.0248. The lowest BCUT2D eigenvalue weighted by Gasteiger charge is -2.16. The van der Waals surface area contributed by atoms with Crippen molar-refractivity contribution in [1.29, 1.82) is 10.5 Å². The molecule has 0 unspecified atom stereocenters. The predicted molar refractivity (Wildman–Crippen MR) is 147 cm³/mol. The maximum atomic E-state index is 14.7. The van der Waals surface area contributed by atoms with Crippen molar-refractivity contribution in [3.63, 3.8) is 0 Å². The average Bonchev–Trinajstić information content (AvgIpc) is 2.95.